The average molecular weight is 189 g/mol. The molecule has 4 nitrogen and oxygen atoms in total. The summed E-state index contributed by atoms with van der Waals surface area (Å²) in [5, 5.41) is 10.9. The van der Waals surface area contributed by atoms with E-state index in [0.717, 1.165) is 5.56 Å². The van der Waals surface area contributed by atoms with E-state index in [2.05, 4.69) is 5.32 Å². The minimum Gasteiger partial charge on any atom is -0.399 e. The van der Waals surface area contributed by atoms with Crippen molar-refractivity contribution < 1.29 is 4.79 Å². The molecule has 0 aliphatic carbocycles. The van der Waals surface area contributed by atoms with Gasteiger partial charge in [0.15, 0.2) is 0 Å². The zero-order valence-corrected chi connectivity index (χ0v) is 7.66. The molecule has 0 saturated heterocycles. The van der Waals surface area contributed by atoms with Crippen molar-refractivity contribution in [2.45, 2.75) is 13.0 Å². The number of hydrogen-bond donors (Lipinski definition) is 2. The van der Waals surface area contributed by atoms with Crippen LogP contribution in [0.2, 0.25) is 0 Å². The smallest absolute Gasteiger partial charge is 0.234 e. The highest BCUT2D eigenvalue weighted by molar-refractivity contribution is 5.77. The Kier molecular flexibility index (Phi) is 3.50. The maximum absolute atomic E-state index is 10.9. The van der Waals surface area contributed by atoms with Crippen LogP contribution in [0.3, 0.4) is 0 Å². The molecule has 0 unspecified atom stereocenters. The van der Waals surface area contributed by atoms with Gasteiger partial charge in [-0.3, -0.25) is 4.79 Å². The van der Waals surface area contributed by atoms with Crippen molar-refractivity contribution in [2.24, 2.45) is 0 Å². The van der Waals surface area contributed by atoms with Gasteiger partial charge in [-0.05, 0) is 17.7 Å². The second-order valence-corrected chi connectivity index (χ2v) is 2.85. The molecule has 0 radical (unpaired) electrons. The normalized spacial score (nSPS) is 9.07. The van der Waals surface area contributed by atoms with E-state index in [0.29, 0.717) is 12.2 Å². The van der Waals surface area contributed by atoms with Gasteiger partial charge in [-0.1, -0.05) is 12.1 Å². The summed E-state index contributed by atoms with van der Waals surface area (Å²) in [5.41, 5.74) is 7.16. The van der Waals surface area contributed by atoms with Gasteiger partial charge in [0, 0.05) is 12.2 Å². The molecule has 14 heavy (non-hydrogen) atoms. The number of rotatable bonds is 3. The highest BCUT2D eigenvalue weighted by atomic mass is 16.1. The molecule has 1 aromatic rings. The Balaban J connectivity index is 2.43. The fourth-order valence-electron chi connectivity index (χ4n) is 0.970. The van der Waals surface area contributed by atoms with E-state index in [-0.39, 0.29) is 12.3 Å². The van der Waals surface area contributed by atoms with Crippen LogP contribution in [0.25, 0.3) is 0 Å². The fraction of sp³-hybridized carbons (Fsp3) is 0.200. The molecular formula is C10H11N3O. The third kappa shape index (κ3) is 3.15. The quantitative estimate of drug-likeness (QED) is 0.690. The molecule has 0 atom stereocenters. The van der Waals surface area contributed by atoms with Gasteiger partial charge >= 0.3 is 0 Å². The minimum atomic E-state index is -0.260. The molecule has 1 aromatic carbocycles. The Bertz CT molecular complexity index is 351. The first-order valence-electron chi connectivity index (χ1n) is 4.20. The molecule has 72 valence electrons. The maximum atomic E-state index is 10.9. The molecule has 0 fully saturated rings. The van der Waals surface area contributed by atoms with E-state index < -0.39 is 0 Å². The van der Waals surface area contributed by atoms with Crippen molar-refractivity contribution >= 4 is 11.6 Å². The summed E-state index contributed by atoms with van der Waals surface area (Å²) in [4.78, 5) is 10.9. The Morgan fingerprint density at radius 2 is 2.07 bits per heavy atom. The first-order valence-corrected chi connectivity index (χ1v) is 4.20. The van der Waals surface area contributed by atoms with Crippen LogP contribution in [-0.4, -0.2) is 5.91 Å². The van der Waals surface area contributed by atoms with E-state index in [9.17, 15) is 4.79 Å². The van der Waals surface area contributed by atoms with Crippen LogP contribution >= 0.6 is 0 Å². The molecule has 1 rings (SSSR count). The zero-order chi connectivity index (χ0) is 10.4. The molecule has 0 bridgehead atoms. The van der Waals surface area contributed by atoms with E-state index in [1.165, 1.54) is 0 Å². The van der Waals surface area contributed by atoms with E-state index in [1.54, 1.807) is 18.2 Å². The van der Waals surface area contributed by atoms with Crippen LogP contribution in [0.1, 0.15) is 12.0 Å². The van der Waals surface area contributed by atoms with Crippen molar-refractivity contribution in [3.8, 4) is 6.07 Å². The number of nitrogens with one attached hydrogen (secondary N) is 1. The van der Waals surface area contributed by atoms with Gasteiger partial charge < -0.3 is 11.1 Å². The lowest BCUT2D eigenvalue weighted by Gasteiger charge is -2.02. The predicted molar refractivity (Wildman–Crippen MR) is 52.9 cm³/mol. The summed E-state index contributed by atoms with van der Waals surface area (Å²) in [6, 6.07) is 8.99. The number of nitrogen functional groups attached to an aromatic ring is 1. The number of nitriles is 1. The SMILES string of the molecule is N#CCC(=O)NCc1ccc(N)cc1. The fourth-order valence-corrected chi connectivity index (χ4v) is 0.970. The zero-order valence-electron chi connectivity index (χ0n) is 7.66. The van der Waals surface area contributed by atoms with E-state index >= 15 is 0 Å². The summed E-state index contributed by atoms with van der Waals surface area (Å²) in [5.74, 6) is -0.260. The summed E-state index contributed by atoms with van der Waals surface area (Å²) in [6.07, 6.45) is -0.102. The molecule has 0 saturated carbocycles. The summed E-state index contributed by atoms with van der Waals surface area (Å²) < 4.78 is 0. The van der Waals surface area contributed by atoms with Crippen LogP contribution in [0, 0.1) is 11.3 Å². The standard InChI is InChI=1S/C10H11N3O/c11-6-5-10(14)13-7-8-1-3-9(12)4-2-8/h1-4H,5,7,12H2,(H,13,14). The summed E-state index contributed by atoms with van der Waals surface area (Å²) in [6.45, 7) is 0.431. The molecule has 0 spiro atoms. The second kappa shape index (κ2) is 4.87. The number of carbonyl (C=O) groups excluding carboxylic acids is 1. The number of anilines is 1. The highest BCUT2D eigenvalue weighted by Crippen LogP contribution is 2.04. The van der Waals surface area contributed by atoms with Crippen LogP contribution in [0.4, 0.5) is 5.69 Å². The highest BCUT2D eigenvalue weighted by Gasteiger charge is 1.98. The van der Waals surface area contributed by atoms with Crippen LogP contribution in [0.5, 0.6) is 0 Å². The first kappa shape index (κ1) is 10.1. The average Bonchev–Trinajstić information content (AvgIpc) is 2.17. The molecule has 0 aromatic heterocycles. The largest absolute Gasteiger partial charge is 0.399 e. The van der Waals surface area contributed by atoms with Crippen LogP contribution in [0.15, 0.2) is 24.3 Å². The summed E-state index contributed by atoms with van der Waals surface area (Å²) >= 11 is 0. The monoisotopic (exact) mass is 189 g/mol. The van der Waals surface area contributed by atoms with Crippen molar-refractivity contribution in [1.29, 1.82) is 5.26 Å². The molecule has 3 N–H and O–H groups in total. The van der Waals surface area contributed by atoms with Gasteiger partial charge in [0.25, 0.3) is 0 Å². The number of nitrogens with zero attached hydrogens (tertiary/aromatic N) is 1. The molecular weight excluding hydrogens is 178 g/mol. The van der Waals surface area contributed by atoms with Gasteiger partial charge in [-0.15, -0.1) is 0 Å². The second-order valence-electron chi connectivity index (χ2n) is 2.85. The van der Waals surface area contributed by atoms with Crippen molar-refractivity contribution in [3.05, 3.63) is 29.8 Å². The number of benzene rings is 1. The van der Waals surface area contributed by atoms with Crippen molar-refractivity contribution in [3.63, 3.8) is 0 Å². The Hall–Kier alpha value is -2.02. The van der Waals surface area contributed by atoms with Crippen LogP contribution < -0.4 is 11.1 Å². The van der Waals surface area contributed by atoms with Gasteiger partial charge in [0.1, 0.15) is 6.42 Å². The first-order chi connectivity index (χ1) is 6.72. The maximum Gasteiger partial charge on any atom is 0.234 e. The predicted octanol–water partition coefficient (Wildman–Crippen LogP) is 0.799. The van der Waals surface area contributed by atoms with Crippen molar-refractivity contribution in [1.82, 2.24) is 5.32 Å². The molecule has 0 aliphatic rings. The van der Waals surface area contributed by atoms with Gasteiger partial charge in [-0.25, -0.2) is 0 Å². The lowest BCUT2D eigenvalue weighted by Crippen LogP contribution is -2.21. The van der Waals surface area contributed by atoms with E-state index in [4.69, 9.17) is 11.0 Å². The number of carbonyl (C=O) groups is 1. The lowest BCUT2D eigenvalue weighted by atomic mass is 10.2. The van der Waals surface area contributed by atoms with Gasteiger partial charge in [0.05, 0.1) is 6.07 Å². The Labute approximate surface area is 82.3 Å². The Morgan fingerprint density at radius 1 is 1.43 bits per heavy atom. The number of hydrogen-bond acceptors (Lipinski definition) is 3. The molecule has 0 heterocycles. The van der Waals surface area contributed by atoms with E-state index in [1.807, 2.05) is 12.1 Å². The third-order valence-corrected chi connectivity index (χ3v) is 1.71. The number of nitrogens with two attached hydrogens (primary N) is 1. The Morgan fingerprint density at radius 3 is 2.64 bits per heavy atom. The van der Waals surface area contributed by atoms with Gasteiger partial charge in [-0.2, -0.15) is 5.26 Å². The topological polar surface area (TPSA) is 78.9 Å². The molecule has 0 aliphatic heterocycles. The van der Waals surface area contributed by atoms with Crippen molar-refractivity contribution in [2.75, 3.05) is 5.73 Å². The summed E-state index contributed by atoms with van der Waals surface area (Å²) in [7, 11) is 0. The molecule has 1 amide bonds. The minimum absolute atomic E-state index is 0.102. The lowest BCUT2D eigenvalue weighted by molar-refractivity contribution is -0.120. The van der Waals surface area contributed by atoms with Crippen LogP contribution in [-0.2, 0) is 11.3 Å². The van der Waals surface area contributed by atoms with Gasteiger partial charge in [0.2, 0.25) is 5.91 Å². The third-order valence-electron chi connectivity index (χ3n) is 1.71. The number of amides is 1. The molecule has 4 heteroatoms.